The fourth-order valence-electron chi connectivity index (χ4n) is 2.34. The molecule has 1 aliphatic heterocycles. The third-order valence-electron chi connectivity index (χ3n) is 3.56. The Morgan fingerprint density at radius 1 is 1.17 bits per heavy atom. The number of halogens is 1. The normalized spacial score (nSPS) is 13.9. The van der Waals surface area contributed by atoms with E-state index in [1.807, 2.05) is 36.5 Å². The van der Waals surface area contributed by atoms with Crippen molar-refractivity contribution in [3.63, 3.8) is 0 Å². The summed E-state index contributed by atoms with van der Waals surface area (Å²) in [6, 6.07) is 9.46. The Kier molecular flexibility index (Phi) is 6.89. The number of rotatable bonds is 5. The van der Waals surface area contributed by atoms with E-state index in [9.17, 15) is 4.79 Å². The third-order valence-corrected chi connectivity index (χ3v) is 3.56. The Morgan fingerprint density at radius 3 is 2.58 bits per heavy atom. The molecule has 8 heteroatoms. The van der Waals surface area contributed by atoms with Crippen molar-refractivity contribution in [2.45, 2.75) is 0 Å². The Morgan fingerprint density at radius 2 is 1.92 bits per heavy atom. The van der Waals surface area contributed by atoms with Crippen LogP contribution in [0.2, 0.25) is 0 Å². The van der Waals surface area contributed by atoms with E-state index in [0.717, 1.165) is 24.5 Å². The molecule has 1 aliphatic rings. The second-order valence-electron chi connectivity index (χ2n) is 5.14. The van der Waals surface area contributed by atoms with Crippen LogP contribution in [0, 0.1) is 0 Å². The summed E-state index contributed by atoms with van der Waals surface area (Å²) >= 11 is 0. The first-order chi connectivity index (χ1) is 11.3. The number of benzene rings is 1. The lowest BCUT2D eigenvalue weighted by atomic mass is 10.3. The quantitative estimate of drug-likeness (QED) is 0.830. The Balaban J connectivity index is 0.00000208. The number of carbonyl (C=O) groups is 1. The number of amides is 1. The summed E-state index contributed by atoms with van der Waals surface area (Å²) in [6.45, 7) is 3.58. The number of hydrogen-bond acceptors (Lipinski definition) is 5. The number of nitrogens with zero attached hydrogens (tertiary/aromatic N) is 3. The highest BCUT2D eigenvalue weighted by Gasteiger charge is 2.16. The minimum absolute atomic E-state index is 0. The van der Waals surface area contributed by atoms with E-state index in [2.05, 4.69) is 10.4 Å². The van der Waals surface area contributed by atoms with Crippen molar-refractivity contribution in [2.75, 3.05) is 39.4 Å². The number of carbonyl (C=O) groups excluding carboxylic acids is 1. The molecule has 1 aromatic carbocycles. The fraction of sp³-hybridized carbons (Fsp3) is 0.375. The van der Waals surface area contributed by atoms with Crippen LogP contribution >= 0.6 is 12.4 Å². The monoisotopic (exact) mass is 352 g/mol. The average Bonchev–Trinajstić information content (AvgIpc) is 3.14. The highest BCUT2D eigenvalue weighted by atomic mass is 35.5. The van der Waals surface area contributed by atoms with Gasteiger partial charge < -0.3 is 19.7 Å². The molecule has 1 aromatic heterocycles. The summed E-state index contributed by atoms with van der Waals surface area (Å²) in [7, 11) is 0. The maximum atomic E-state index is 11.8. The smallest absolute Gasteiger partial charge is 0.409 e. The van der Waals surface area contributed by atoms with Crippen molar-refractivity contribution in [3.8, 4) is 11.4 Å². The van der Waals surface area contributed by atoms with E-state index < -0.39 is 0 Å². The van der Waals surface area contributed by atoms with Gasteiger partial charge in [0.25, 0.3) is 0 Å². The third kappa shape index (κ3) is 4.87. The second-order valence-corrected chi connectivity index (χ2v) is 5.14. The van der Waals surface area contributed by atoms with Gasteiger partial charge in [-0.3, -0.25) is 0 Å². The summed E-state index contributed by atoms with van der Waals surface area (Å²) in [6.07, 6.45) is 3.34. The van der Waals surface area contributed by atoms with Gasteiger partial charge in [-0.05, 0) is 30.3 Å². The second kappa shape index (κ2) is 9.14. The van der Waals surface area contributed by atoms with E-state index in [1.54, 1.807) is 15.8 Å². The van der Waals surface area contributed by atoms with Crippen LogP contribution in [0.5, 0.6) is 5.75 Å². The number of piperazine rings is 1. The van der Waals surface area contributed by atoms with Gasteiger partial charge in [0.2, 0.25) is 0 Å². The Hall–Kier alpha value is -2.25. The van der Waals surface area contributed by atoms with Crippen LogP contribution in [0.3, 0.4) is 0 Å². The zero-order chi connectivity index (χ0) is 15.9. The van der Waals surface area contributed by atoms with Gasteiger partial charge in [-0.1, -0.05) is 0 Å². The predicted molar refractivity (Wildman–Crippen MR) is 92.1 cm³/mol. The molecular formula is C16H21ClN4O3. The average molecular weight is 353 g/mol. The molecule has 0 saturated carbocycles. The summed E-state index contributed by atoms with van der Waals surface area (Å²) in [4.78, 5) is 13.5. The molecule has 0 unspecified atom stereocenters. The highest BCUT2D eigenvalue weighted by molar-refractivity contribution is 5.85. The first-order valence-electron chi connectivity index (χ1n) is 7.68. The van der Waals surface area contributed by atoms with Crippen LogP contribution in [0.1, 0.15) is 0 Å². The summed E-state index contributed by atoms with van der Waals surface area (Å²) in [5, 5.41) is 7.36. The molecule has 0 spiro atoms. The molecule has 130 valence electrons. The van der Waals surface area contributed by atoms with Gasteiger partial charge in [0.05, 0.1) is 5.69 Å². The maximum absolute atomic E-state index is 11.8. The molecule has 2 heterocycles. The van der Waals surface area contributed by atoms with Crippen LogP contribution in [-0.4, -0.2) is 60.2 Å². The van der Waals surface area contributed by atoms with Gasteiger partial charge in [0.1, 0.15) is 19.0 Å². The van der Waals surface area contributed by atoms with Crippen LogP contribution in [0.15, 0.2) is 42.7 Å². The molecule has 2 aromatic rings. The molecule has 0 bridgehead atoms. The topological polar surface area (TPSA) is 68.6 Å². The highest BCUT2D eigenvalue weighted by Crippen LogP contribution is 2.14. The SMILES string of the molecule is Cl.O=C(OCCOc1ccc(-n2cccn2)cc1)N1CCNCC1. The van der Waals surface area contributed by atoms with Crippen molar-refractivity contribution in [3.05, 3.63) is 42.7 Å². The number of aromatic nitrogens is 2. The standard InChI is InChI=1S/C16H20N4O3.ClH/c21-16(19-10-7-17-8-11-19)23-13-12-22-15-4-2-14(3-5-15)20-9-1-6-18-20;/h1-6,9,17H,7-8,10-13H2;1H. The Bertz CT molecular complexity index is 613. The minimum Gasteiger partial charge on any atom is -0.490 e. The van der Waals surface area contributed by atoms with Crippen LogP contribution in [-0.2, 0) is 4.74 Å². The zero-order valence-corrected chi connectivity index (χ0v) is 14.1. The van der Waals surface area contributed by atoms with E-state index in [-0.39, 0.29) is 25.1 Å². The molecule has 24 heavy (non-hydrogen) atoms. The molecule has 3 rings (SSSR count). The van der Waals surface area contributed by atoms with Gasteiger partial charge in [-0.15, -0.1) is 12.4 Å². The molecule has 1 amide bonds. The van der Waals surface area contributed by atoms with Crippen LogP contribution < -0.4 is 10.1 Å². The van der Waals surface area contributed by atoms with Gasteiger partial charge in [0.15, 0.2) is 0 Å². The van der Waals surface area contributed by atoms with Crippen molar-refractivity contribution in [2.24, 2.45) is 0 Å². The lowest BCUT2D eigenvalue weighted by molar-refractivity contribution is 0.0844. The van der Waals surface area contributed by atoms with Crippen molar-refractivity contribution >= 4 is 18.5 Å². The number of nitrogens with one attached hydrogen (secondary N) is 1. The summed E-state index contributed by atoms with van der Waals surface area (Å²) in [5.41, 5.74) is 0.965. The molecule has 0 aliphatic carbocycles. The Labute approximate surface area is 146 Å². The predicted octanol–water partition coefficient (Wildman–Crippen LogP) is 1.71. The van der Waals surface area contributed by atoms with E-state index >= 15 is 0 Å². The lowest BCUT2D eigenvalue weighted by Crippen LogP contribution is -2.46. The fourth-order valence-corrected chi connectivity index (χ4v) is 2.34. The maximum Gasteiger partial charge on any atom is 0.409 e. The zero-order valence-electron chi connectivity index (χ0n) is 13.3. The largest absolute Gasteiger partial charge is 0.490 e. The summed E-state index contributed by atoms with van der Waals surface area (Å²) in [5.74, 6) is 0.735. The number of ether oxygens (including phenoxy) is 2. The minimum atomic E-state index is -0.274. The van der Waals surface area contributed by atoms with Crippen LogP contribution in [0.4, 0.5) is 4.79 Å². The van der Waals surface area contributed by atoms with Crippen molar-refractivity contribution in [1.82, 2.24) is 20.0 Å². The van der Waals surface area contributed by atoms with E-state index in [1.165, 1.54) is 0 Å². The molecule has 0 radical (unpaired) electrons. The van der Waals surface area contributed by atoms with E-state index in [4.69, 9.17) is 9.47 Å². The van der Waals surface area contributed by atoms with Gasteiger partial charge in [0, 0.05) is 38.6 Å². The lowest BCUT2D eigenvalue weighted by Gasteiger charge is -2.26. The molecule has 1 N–H and O–H groups in total. The molecule has 1 fully saturated rings. The summed E-state index contributed by atoms with van der Waals surface area (Å²) < 4.78 is 12.6. The van der Waals surface area contributed by atoms with Crippen molar-refractivity contribution < 1.29 is 14.3 Å². The van der Waals surface area contributed by atoms with Gasteiger partial charge in [-0.2, -0.15) is 5.10 Å². The first kappa shape index (κ1) is 18.1. The number of hydrogen-bond donors (Lipinski definition) is 1. The van der Waals surface area contributed by atoms with Gasteiger partial charge in [-0.25, -0.2) is 9.48 Å². The first-order valence-corrected chi connectivity index (χ1v) is 7.68. The van der Waals surface area contributed by atoms with E-state index in [0.29, 0.717) is 19.7 Å². The van der Waals surface area contributed by atoms with Crippen LogP contribution in [0.25, 0.3) is 5.69 Å². The molecule has 7 nitrogen and oxygen atoms in total. The molecule has 0 atom stereocenters. The molecular weight excluding hydrogens is 332 g/mol. The molecule has 1 saturated heterocycles. The van der Waals surface area contributed by atoms with Crippen molar-refractivity contribution in [1.29, 1.82) is 0 Å². The van der Waals surface area contributed by atoms with Gasteiger partial charge >= 0.3 is 6.09 Å².